The molecule has 0 aliphatic carbocycles. The molecule has 2 N–H and O–H groups in total. The third-order valence-corrected chi connectivity index (χ3v) is 3.46. The fourth-order valence-electron chi connectivity index (χ4n) is 2.55. The maximum atomic E-state index is 12.4. The van der Waals surface area contributed by atoms with E-state index >= 15 is 0 Å². The third-order valence-electron chi connectivity index (χ3n) is 3.46. The number of carbonyl (C=O) groups is 1. The largest absolute Gasteiger partial charge is 0.384 e. The zero-order valence-corrected chi connectivity index (χ0v) is 10.4. The molecule has 17 heavy (non-hydrogen) atoms. The van der Waals surface area contributed by atoms with Gasteiger partial charge in [0.15, 0.2) is 0 Å². The van der Waals surface area contributed by atoms with Crippen LogP contribution in [0.4, 0.5) is 5.82 Å². The van der Waals surface area contributed by atoms with E-state index in [1.165, 1.54) is 6.42 Å². The number of pyridine rings is 1. The van der Waals surface area contributed by atoms with Gasteiger partial charge in [0, 0.05) is 23.8 Å². The monoisotopic (exact) mass is 233 g/mol. The Bertz CT molecular complexity index is 409. The molecule has 0 saturated carbocycles. The molecule has 1 aromatic rings. The summed E-state index contributed by atoms with van der Waals surface area (Å²) in [5.74, 6) is 0.465. The number of amides is 1. The zero-order chi connectivity index (χ0) is 12.4. The molecule has 4 nitrogen and oxygen atoms in total. The average molecular weight is 233 g/mol. The number of nitrogens with zero attached hydrogens (tertiary/aromatic N) is 2. The van der Waals surface area contributed by atoms with Gasteiger partial charge in [-0.15, -0.1) is 0 Å². The number of piperidine rings is 1. The van der Waals surface area contributed by atoms with Crippen molar-refractivity contribution < 1.29 is 4.79 Å². The quantitative estimate of drug-likeness (QED) is 0.807. The molecule has 1 fully saturated rings. The second-order valence-electron chi connectivity index (χ2n) is 4.81. The maximum absolute atomic E-state index is 12.4. The van der Waals surface area contributed by atoms with Gasteiger partial charge in [-0.25, -0.2) is 4.98 Å². The predicted octanol–water partition coefficient (Wildman–Crippen LogP) is 2.07. The summed E-state index contributed by atoms with van der Waals surface area (Å²) >= 11 is 0. The molecule has 2 unspecified atom stereocenters. The van der Waals surface area contributed by atoms with Crippen LogP contribution in [0.3, 0.4) is 0 Å². The third kappa shape index (κ3) is 2.40. The SMILES string of the molecule is CC1CCCC(C)N1C(=O)c1ccnc(N)c1. The second-order valence-corrected chi connectivity index (χ2v) is 4.81. The zero-order valence-electron chi connectivity index (χ0n) is 10.4. The van der Waals surface area contributed by atoms with Gasteiger partial charge >= 0.3 is 0 Å². The number of nitrogens with two attached hydrogens (primary N) is 1. The number of aromatic nitrogens is 1. The smallest absolute Gasteiger partial charge is 0.254 e. The molecule has 0 radical (unpaired) electrons. The number of hydrogen-bond acceptors (Lipinski definition) is 3. The molecule has 1 saturated heterocycles. The van der Waals surface area contributed by atoms with Gasteiger partial charge in [0.25, 0.3) is 5.91 Å². The molecule has 1 aliphatic rings. The fourth-order valence-corrected chi connectivity index (χ4v) is 2.55. The van der Waals surface area contributed by atoms with Crippen molar-refractivity contribution in [2.45, 2.75) is 45.2 Å². The Morgan fingerprint density at radius 2 is 2.06 bits per heavy atom. The van der Waals surface area contributed by atoms with Crippen molar-refractivity contribution >= 4 is 11.7 Å². The van der Waals surface area contributed by atoms with Crippen LogP contribution in [0.25, 0.3) is 0 Å². The molecular weight excluding hydrogens is 214 g/mol. The van der Waals surface area contributed by atoms with Crippen molar-refractivity contribution in [2.24, 2.45) is 0 Å². The van der Waals surface area contributed by atoms with Gasteiger partial charge < -0.3 is 10.6 Å². The van der Waals surface area contributed by atoms with E-state index in [0.29, 0.717) is 23.5 Å². The van der Waals surface area contributed by atoms with Crippen LogP contribution in [0.15, 0.2) is 18.3 Å². The van der Waals surface area contributed by atoms with Crippen molar-refractivity contribution in [3.8, 4) is 0 Å². The maximum Gasteiger partial charge on any atom is 0.254 e. The first-order valence-electron chi connectivity index (χ1n) is 6.14. The van der Waals surface area contributed by atoms with E-state index in [4.69, 9.17) is 5.73 Å². The van der Waals surface area contributed by atoms with Crippen LogP contribution in [0.5, 0.6) is 0 Å². The minimum absolute atomic E-state index is 0.0683. The molecule has 0 aromatic carbocycles. The molecule has 0 spiro atoms. The lowest BCUT2D eigenvalue weighted by Gasteiger charge is -2.39. The van der Waals surface area contributed by atoms with E-state index in [0.717, 1.165) is 12.8 Å². The molecule has 2 rings (SSSR count). The Balaban J connectivity index is 2.24. The highest BCUT2D eigenvalue weighted by molar-refractivity contribution is 5.95. The second kappa shape index (κ2) is 4.73. The Labute approximate surface area is 102 Å². The minimum Gasteiger partial charge on any atom is -0.384 e. The van der Waals surface area contributed by atoms with E-state index in [1.54, 1.807) is 18.3 Å². The van der Waals surface area contributed by atoms with Crippen LogP contribution < -0.4 is 5.73 Å². The highest BCUT2D eigenvalue weighted by Crippen LogP contribution is 2.24. The van der Waals surface area contributed by atoms with Crippen LogP contribution >= 0.6 is 0 Å². The molecule has 4 heteroatoms. The van der Waals surface area contributed by atoms with Crippen molar-refractivity contribution in [3.63, 3.8) is 0 Å². The minimum atomic E-state index is 0.0683. The van der Waals surface area contributed by atoms with Crippen molar-refractivity contribution in [1.29, 1.82) is 0 Å². The summed E-state index contributed by atoms with van der Waals surface area (Å²) in [6.07, 6.45) is 4.94. The molecule has 0 bridgehead atoms. The first-order chi connectivity index (χ1) is 8.09. The van der Waals surface area contributed by atoms with Gasteiger partial charge in [-0.2, -0.15) is 0 Å². The summed E-state index contributed by atoms with van der Waals surface area (Å²) in [6.45, 7) is 4.22. The summed E-state index contributed by atoms with van der Waals surface area (Å²) in [5.41, 5.74) is 6.25. The lowest BCUT2D eigenvalue weighted by atomic mass is 9.96. The molecule has 92 valence electrons. The molecule has 1 aliphatic heterocycles. The van der Waals surface area contributed by atoms with Gasteiger partial charge in [0.1, 0.15) is 5.82 Å². The van der Waals surface area contributed by atoms with Crippen molar-refractivity contribution in [2.75, 3.05) is 5.73 Å². The molecule has 2 atom stereocenters. The van der Waals surface area contributed by atoms with E-state index in [9.17, 15) is 4.79 Å². The molecule has 1 amide bonds. The van der Waals surface area contributed by atoms with Crippen LogP contribution in [-0.2, 0) is 0 Å². The van der Waals surface area contributed by atoms with E-state index in [-0.39, 0.29) is 5.91 Å². The molecular formula is C13H19N3O. The molecule has 2 heterocycles. The number of nitrogen functional groups attached to an aromatic ring is 1. The lowest BCUT2D eigenvalue weighted by Crippen LogP contribution is -2.47. The van der Waals surface area contributed by atoms with Crippen molar-refractivity contribution in [1.82, 2.24) is 9.88 Å². The summed E-state index contributed by atoms with van der Waals surface area (Å²) < 4.78 is 0. The summed E-state index contributed by atoms with van der Waals surface area (Å²) in [5, 5.41) is 0. The van der Waals surface area contributed by atoms with Gasteiger partial charge in [-0.05, 0) is 45.2 Å². The number of hydrogen-bond donors (Lipinski definition) is 1. The van der Waals surface area contributed by atoms with Crippen LogP contribution in [0.1, 0.15) is 43.5 Å². The number of likely N-dealkylation sites (tertiary alicyclic amines) is 1. The van der Waals surface area contributed by atoms with Crippen molar-refractivity contribution in [3.05, 3.63) is 23.9 Å². The number of carbonyl (C=O) groups excluding carboxylic acids is 1. The summed E-state index contributed by atoms with van der Waals surface area (Å²) in [4.78, 5) is 18.3. The van der Waals surface area contributed by atoms with Crippen LogP contribution in [0, 0.1) is 0 Å². The Kier molecular flexibility index (Phi) is 3.31. The number of anilines is 1. The average Bonchev–Trinajstić information content (AvgIpc) is 2.28. The first kappa shape index (κ1) is 11.9. The predicted molar refractivity (Wildman–Crippen MR) is 67.6 cm³/mol. The molecule has 1 aromatic heterocycles. The summed E-state index contributed by atoms with van der Waals surface area (Å²) in [6, 6.07) is 3.99. The topological polar surface area (TPSA) is 59.2 Å². The highest BCUT2D eigenvalue weighted by Gasteiger charge is 2.29. The normalized spacial score (nSPS) is 24.7. The van der Waals surface area contributed by atoms with Gasteiger partial charge in [0.05, 0.1) is 0 Å². The Morgan fingerprint density at radius 3 is 2.65 bits per heavy atom. The van der Waals surface area contributed by atoms with Gasteiger partial charge in [-0.3, -0.25) is 4.79 Å². The Hall–Kier alpha value is -1.58. The van der Waals surface area contributed by atoms with Crippen LogP contribution in [-0.4, -0.2) is 27.9 Å². The Morgan fingerprint density at radius 1 is 1.41 bits per heavy atom. The van der Waals surface area contributed by atoms with Crippen LogP contribution in [0.2, 0.25) is 0 Å². The number of rotatable bonds is 1. The first-order valence-corrected chi connectivity index (χ1v) is 6.14. The summed E-state index contributed by atoms with van der Waals surface area (Å²) in [7, 11) is 0. The van der Waals surface area contributed by atoms with E-state index in [1.807, 2.05) is 4.90 Å². The standard InChI is InChI=1S/C13H19N3O/c1-9-4-3-5-10(2)16(9)13(17)11-6-7-15-12(14)8-11/h6-10H,3-5H2,1-2H3,(H2,14,15). The van der Waals surface area contributed by atoms with Gasteiger partial charge in [0.2, 0.25) is 0 Å². The van der Waals surface area contributed by atoms with E-state index < -0.39 is 0 Å². The fraction of sp³-hybridized carbons (Fsp3) is 0.538. The van der Waals surface area contributed by atoms with E-state index in [2.05, 4.69) is 18.8 Å². The van der Waals surface area contributed by atoms with Gasteiger partial charge in [-0.1, -0.05) is 0 Å². The highest BCUT2D eigenvalue weighted by atomic mass is 16.2. The lowest BCUT2D eigenvalue weighted by molar-refractivity contribution is 0.0510.